The lowest BCUT2D eigenvalue weighted by molar-refractivity contribution is -0.153. The molecular weight excluding hydrogens is 336 g/mol. The number of likely N-dealkylation sites (tertiary alicyclic amines) is 1. The highest BCUT2D eigenvalue weighted by atomic mass is 16.5. The molecule has 7 nitrogen and oxygen atoms in total. The Kier molecular flexibility index (Phi) is 4.58. The van der Waals surface area contributed by atoms with Crippen LogP contribution in [0.2, 0.25) is 0 Å². The van der Waals surface area contributed by atoms with E-state index in [-0.39, 0.29) is 35.0 Å². The molecule has 0 aromatic heterocycles. The Labute approximate surface area is 154 Å². The van der Waals surface area contributed by atoms with Crippen molar-refractivity contribution in [2.45, 2.75) is 53.1 Å². The first kappa shape index (κ1) is 19.1. The van der Waals surface area contributed by atoms with Crippen LogP contribution >= 0.6 is 0 Å². The minimum atomic E-state index is -0.959. The molecule has 7 heteroatoms. The third kappa shape index (κ3) is 3.10. The zero-order valence-corrected chi connectivity index (χ0v) is 16.2. The third-order valence-corrected chi connectivity index (χ3v) is 6.44. The van der Waals surface area contributed by atoms with E-state index in [1.807, 2.05) is 20.8 Å². The van der Waals surface area contributed by atoms with Crippen LogP contribution in [-0.2, 0) is 19.1 Å². The van der Waals surface area contributed by atoms with Gasteiger partial charge in [-0.1, -0.05) is 34.6 Å². The van der Waals surface area contributed by atoms with Crippen LogP contribution in [0.5, 0.6) is 0 Å². The van der Waals surface area contributed by atoms with Gasteiger partial charge < -0.3 is 20.1 Å². The molecule has 2 N–H and O–H groups in total. The lowest BCUT2D eigenvalue weighted by Gasteiger charge is -2.37. The van der Waals surface area contributed by atoms with E-state index in [4.69, 9.17) is 4.74 Å². The van der Waals surface area contributed by atoms with Gasteiger partial charge in [0.1, 0.15) is 12.1 Å². The summed E-state index contributed by atoms with van der Waals surface area (Å²) in [5.41, 5.74) is -0.556. The van der Waals surface area contributed by atoms with E-state index in [1.165, 1.54) is 4.90 Å². The SMILES string of the molecule is CC(C)(C)C(NC(=O)C1CCOC1)C(=O)N1C[C@H]2[C@@H]([C@H]1C(=O)O)C2(C)C. The molecule has 2 saturated heterocycles. The molecule has 3 fully saturated rings. The Morgan fingerprint density at radius 3 is 2.42 bits per heavy atom. The van der Waals surface area contributed by atoms with Crippen LogP contribution in [0.15, 0.2) is 0 Å². The summed E-state index contributed by atoms with van der Waals surface area (Å²) >= 11 is 0. The summed E-state index contributed by atoms with van der Waals surface area (Å²) in [6, 6.07) is -1.56. The lowest BCUT2D eigenvalue weighted by atomic mass is 9.84. The maximum Gasteiger partial charge on any atom is 0.326 e. The molecule has 2 unspecified atom stereocenters. The number of carboxylic acid groups (broad SMARTS) is 1. The number of aliphatic carboxylic acids is 1. The zero-order chi connectivity index (χ0) is 19.4. The zero-order valence-electron chi connectivity index (χ0n) is 16.2. The van der Waals surface area contributed by atoms with Gasteiger partial charge in [0.25, 0.3) is 0 Å². The van der Waals surface area contributed by atoms with Gasteiger partial charge in [-0.2, -0.15) is 0 Å². The second kappa shape index (κ2) is 6.22. The van der Waals surface area contributed by atoms with Gasteiger partial charge >= 0.3 is 5.97 Å². The van der Waals surface area contributed by atoms with Crippen molar-refractivity contribution < 1.29 is 24.2 Å². The van der Waals surface area contributed by atoms with Gasteiger partial charge in [0.05, 0.1) is 12.5 Å². The summed E-state index contributed by atoms with van der Waals surface area (Å²) in [4.78, 5) is 39.1. The monoisotopic (exact) mass is 366 g/mol. The van der Waals surface area contributed by atoms with Crippen molar-refractivity contribution in [1.82, 2.24) is 10.2 Å². The minimum absolute atomic E-state index is 0.0106. The van der Waals surface area contributed by atoms with E-state index < -0.39 is 23.5 Å². The average molecular weight is 366 g/mol. The number of ether oxygens (including phenoxy) is 1. The smallest absolute Gasteiger partial charge is 0.326 e. The van der Waals surface area contributed by atoms with Gasteiger partial charge in [0, 0.05) is 19.1 Å². The van der Waals surface area contributed by atoms with Crippen LogP contribution in [-0.4, -0.2) is 59.6 Å². The molecule has 2 amide bonds. The van der Waals surface area contributed by atoms with Crippen LogP contribution < -0.4 is 5.32 Å². The molecule has 2 aliphatic heterocycles. The highest BCUT2D eigenvalue weighted by Gasteiger charge is 2.70. The summed E-state index contributed by atoms with van der Waals surface area (Å²) < 4.78 is 5.26. The van der Waals surface area contributed by atoms with Crippen LogP contribution in [0.3, 0.4) is 0 Å². The van der Waals surface area contributed by atoms with Gasteiger partial charge in [-0.15, -0.1) is 0 Å². The standard InChI is InChI=1S/C19H30N2O5/c1-18(2,3)14(20-15(22)10-6-7-26-9-10)16(23)21-8-11-12(19(11,4)5)13(21)17(24)25/h10-14H,6-9H2,1-5H3,(H,20,22)(H,24,25)/t10?,11-,12-,13-,14?/m0/s1. The maximum absolute atomic E-state index is 13.3. The second-order valence-electron chi connectivity index (χ2n) is 9.60. The number of hydrogen-bond donors (Lipinski definition) is 2. The molecule has 26 heavy (non-hydrogen) atoms. The van der Waals surface area contributed by atoms with Crippen molar-refractivity contribution >= 4 is 17.8 Å². The lowest BCUT2D eigenvalue weighted by Crippen LogP contribution is -2.58. The van der Waals surface area contributed by atoms with E-state index in [1.54, 1.807) is 0 Å². The van der Waals surface area contributed by atoms with E-state index in [2.05, 4.69) is 19.2 Å². The maximum atomic E-state index is 13.3. The third-order valence-electron chi connectivity index (χ3n) is 6.44. The number of carbonyl (C=O) groups excluding carboxylic acids is 2. The Morgan fingerprint density at radius 1 is 1.27 bits per heavy atom. The van der Waals surface area contributed by atoms with Gasteiger partial charge in [-0.05, 0) is 23.2 Å². The van der Waals surface area contributed by atoms with Crippen LogP contribution in [0.4, 0.5) is 0 Å². The average Bonchev–Trinajstić information content (AvgIpc) is 3.01. The molecular formula is C19H30N2O5. The number of hydrogen-bond acceptors (Lipinski definition) is 4. The highest BCUT2D eigenvalue weighted by Crippen LogP contribution is 2.65. The van der Waals surface area contributed by atoms with Crippen molar-refractivity contribution in [1.29, 1.82) is 0 Å². The highest BCUT2D eigenvalue weighted by molar-refractivity contribution is 5.92. The van der Waals surface area contributed by atoms with E-state index in [9.17, 15) is 19.5 Å². The van der Waals surface area contributed by atoms with Gasteiger partial charge in [0.15, 0.2) is 0 Å². The van der Waals surface area contributed by atoms with Gasteiger partial charge in [0.2, 0.25) is 11.8 Å². The van der Waals surface area contributed by atoms with Crippen LogP contribution in [0.25, 0.3) is 0 Å². The quantitative estimate of drug-likeness (QED) is 0.777. The van der Waals surface area contributed by atoms with E-state index in [0.29, 0.717) is 26.2 Å². The Balaban J connectivity index is 1.78. The molecule has 1 saturated carbocycles. The first-order chi connectivity index (χ1) is 12.0. The number of piperidine rings is 1. The molecule has 0 aromatic rings. The molecule has 0 aromatic carbocycles. The first-order valence-corrected chi connectivity index (χ1v) is 9.37. The summed E-state index contributed by atoms with van der Waals surface area (Å²) in [6.07, 6.45) is 0.649. The largest absolute Gasteiger partial charge is 0.480 e. The number of fused-ring (bicyclic) bond motifs is 1. The molecule has 3 rings (SSSR count). The summed E-state index contributed by atoms with van der Waals surface area (Å²) in [5, 5.41) is 12.6. The summed E-state index contributed by atoms with van der Waals surface area (Å²) in [6.45, 7) is 11.1. The fraction of sp³-hybridized carbons (Fsp3) is 0.842. The normalized spacial score (nSPS) is 33.5. The van der Waals surface area contributed by atoms with E-state index >= 15 is 0 Å². The minimum Gasteiger partial charge on any atom is -0.480 e. The number of carboxylic acids is 1. The fourth-order valence-electron chi connectivity index (χ4n) is 4.61. The van der Waals surface area contributed by atoms with E-state index in [0.717, 1.165) is 0 Å². The van der Waals surface area contributed by atoms with Crippen LogP contribution in [0.1, 0.15) is 41.0 Å². The predicted octanol–water partition coefficient (Wildman–Crippen LogP) is 1.12. The van der Waals surface area contributed by atoms with Gasteiger partial charge in [-0.3, -0.25) is 9.59 Å². The number of rotatable bonds is 4. The van der Waals surface area contributed by atoms with Crippen molar-refractivity contribution in [3.05, 3.63) is 0 Å². The number of carbonyl (C=O) groups is 3. The Morgan fingerprint density at radius 2 is 1.92 bits per heavy atom. The molecule has 5 atom stereocenters. The fourth-order valence-corrected chi connectivity index (χ4v) is 4.61. The van der Waals surface area contributed by atoms with Crippen LogP contribution in [0, 0.1) is 28.6 Å². The molecule has 2 heterocycles. The molecule has 0 spiro atoms. The van der Waals surface area contributed by atoms with Crippen molar-refractivity contribution in [3.63, 3.8) is 0 Å². The number of nitrogens with zero attached hydrogens (tertiary/aromatic N) is 1. The van der Waals surface area contributed by atoms with Crippen molar-refractivity contribution in [3.8, 4) is 0 Å². The van der Waals surface area contributed by atoms with Crippen molar-refractivity contribution in [2.24, 2.45) is 28.6 Å². The first-order valence-electron chi connectivity index (χ1n) is 9.37. The molecule has 146 valence electrons. The predicted molar refractivity (Wildman–Crippen MR) is 94.2 cm³/mol. The molecule has 3 aliphatic rings. The topological polar surface area (TPSA) is 95.9 Å². The van der Waals surface area contributed by atoms with Crippen molar-refractivity contribution in [2.75, 3.05) is 19.8 Å². The number of nitrogens with one attached hydrogen (secondary N) is 1. The molecule has 0 radical (unpaired) electrons. The molecule has 1 aliphatic carbocycles. The summed E-state index contributed by atoms with van der Waals surface area (Å²) in [7, 11) is 0. The summed E-state index contributed by atoms with van der Waals surface area (Å²) in [5.74, 6) is -1.48. The Bertz CT molecular complexity index is 618. The number of amides is 2. The second-order valence-corrected chi connectivity index (χ2v) is 9.60. The Hall–Kier alpha value is -1.63. The van der Waals surface area contributed by atoms with Gasteiger partial charge in [-0.25, -0.2) is 4.79 Å². The molecule has 0 bridgehead atoms.